The van der Waals surface area contributed by atoms with Crippen molar-refractivity contribution in [1.82, 2.24) is 0 Å². The number of hydrogen-bond acceptors (Lipinski definition) is 5. The zero-order valence-corrected chi connectivity index (χ0v) is 16.0. The van der Waals surface area contributed by atoms with Crippen molar-refractivity contribution in [3.8, 4) is 23.0 Å². The van der Waals surface area contributed by atoms with E-state index in [4.69, 9.17) is 18.9 Å². The van der Waals surface area contributed by atoms with E-state index in [0.29, 0.717) is 22.8 Å². The lowest BCUT2D eigenvalue weighted by atomic mass is 10.1. The van der Waals surface area contributed by atoms with Gasteiger partial charge in [0.25, 0.3) is 0 Å². The van der Waals surface area contributed by atoms with Crippen molar-refractivity contribution in [2.45, 2.75) is 0 Å². The molecule has 132 valence electrons. The minimum absolute atomic E-state index is 0.204. The number of hydrogen-bond donors (Lipinski definition) is 0. The molecule has 0 saturated heterocycles. The third-order valence-electron chi connectivity index (χ3n) is 3.57. The molecule has 0 atom stereocenters. The van der Waals surface area contributed by atoms with Crippen molar-refractivity contribution in [3.63, 3.8) is 0 Å². The van der Waals surface area contributed by atoms with Gasteiger partial charge in [0.15, 0.2) is 17.3 Å². The first-order valence-corrected chi connectivity index (χ1v) is 8.19. The Kier molecular flexibility index (Phi) is 6.47. The highest BCUT2D eigenvalue weighted by Crippen LogP contribution is 2.40. The van der Waals surface area contributed by atoms with Crippen LogP contribution in [0.5, 0.6) is 23.0 Å². The Morgan fingerprint density at radius 3 is 2.08 bits per heavy atom. The number of methoxy groups -OCH3 is 4. The highest BCUT2D eigenvalue weighted by molar-refractivity contribution is 9.10. The van der Waals surface area contributed by atoms with Crippen molar-refractivity contribution in [3.05, 3.63) is 52.0 Å². The van der Waals surface area contributed by atoms with Gasteiger partial charge in [0.05, 0.1) is 38.5 Å². The molecular formula is C19H19BrO5. The first-order valence-electron chi connectivity index (χ1n) is 7.40. The second-order valence-corrected chi connectivity index (χ2v) is 5.83. The molecule has 0 heterocycles. The molecule has 6 heteroatoms. The molecule has 0 aliphatic heterocycles. The second kappa shape index (κ2) is 8.58. The fraction of sp³-hybridized carbons (Fsp3) is 0.211. The quantitative estimate of drug-likeness (QED) is 0.504. The number of ether oxygens (including phenoxy) is 4. The summed E-state index contributed by atoms with van der Waals surface area (Å²) in [4.78, 5) is 12.6. The van der Waals surface area contributed by atoms with Gasteiger partial charge in [-0.25, -0.2) is 0 Å². The van der Waals surface area contributed by atoms with Crippen LogP contribution >= 0.6 is 15.9 Å². The molecule has 0 aromatic heterocycles. The smallest absolute Gasteiger partial charge is 0.204 e. The number of carbonyl (C=O) groups excluding carboxylic acids is 1. The van der Waals surface area contributed by atoms with Crippen LogP contribution in [-0.2, 0) is 0 Å². The minimum atomic E-state index is -0.204. The van der Waals surface area contributed by atoms with Gasteiger partial charge in [-0.05, 0) is 51.8 Å². The third-order valence-corrected chi connectivity index (χ3v) is 4.19. The monoisotopic (exact) mass is 406 g/mol. The molecule has 0 aliphatic rings. The van der Waals surface area contributed by atoms with Gasteiger partial charge in [0.1, 0.15) is 5.75 Å². The number of ketones is 1. The van der Waals surface area contributed by atoms with Gasteiger partial charge in [-0.2, -0.15) is 0 Å². The van der Waals surface area contributed by atoms with E-state index in [9.17, 15) is 4.79 Å². The lowest BCUT2D eigenvalue weighted by Crippen LogP contribution is -2.02. The van der Waals surface area contributed by atoms with Gasteiger partial charge in [0, 0.05) is 0 Å². The number of halogens is 1. The number of carbonyl (C=O) groups is 1. The van der Waals surface area contributed by atoms with E-state index in [1.165, 1.54) is 27.4 Å². The van der Waals surface area contributed by atoms with Crippen LogP contribution in [0.1, 0.15) is 15.9 Å². The van der Waals surface area contributed by atoms with E-state index < -0.39 is 0 Å². The molecule has 2 rings (SSSR count). The molecule has 0 bridgehead atoms. The third kappa shape index (κ3) is 4.14. The average molecular weight is 407 g/mol. The summed E-state index contributed by atoms with van der Waals surface area (Å²) in [5.74, 6) is 1.75. The topological polar surface area (TPSA) is 54.0 Å². The van der Waals surface area contributed by atoms with Crippen LogP contribution in [0.2, 0.25) is 0 Å². The number of allylic oxidation sites excluding steroid dienone is 1. The highest BCUT2D eigenvalue weighted by Gasteiger charge is 2.19. The molecule has 0 amide bonds. The van der Waals surface area contributed by atoms with Crippen molar-refractivity contribution < 1.29 is 23.7 Å². The molecule has 0 fully saturated rings. The first kappa shape index (κ1) is 18.9. The van der Waals surface area contributed by atoms with E-state index in [-0.39, 0.29) is 5.78 Å². The summed E-state index contributed by atoms with van der Waals surface area (Å²) in [6, 6.07) is 8.88. The van der Waals surface area contributed by atoms with Crippen LogP contribution in [-0.4, -0.2) is 34.2 Å². The average Bonchev–Trinajstić information content (AvgIpc) is 2.64. The maximum atomic E-state index is 12.6. The zero-order chi connectivity index (χ0) is 18.4. The number of rotatable bonds is 7. The Labute approximate surface area is 155 Å². The molecule has 0 spiro atoms. The molecule has 0 radical (unpaired) electrons. The summed E-state index contributed by atoms with van der Waals surface area (Å²) in [6.07, 6.45) is 3.21. The summed E-state index contributed by atoms with van der Waals surface area (Å²) in [5.41, 5.74) is 1.25. The molecule has 2 aromatic rings. The summed E-state index contributed by atoms with van der Waals surface area (Å²) < 4.78 is 21.9. The summed E-state index contributed by atoms with van der Waals surface area (Å²) in [6.45, 7) is 0. The van der Waals surface area contributed by atoms with E-state index in [0.717, 1.165) is 15.8 Å². The molecule has 0 N–H and O–H groups in total. The minimum Gasteiger partial charge on any atom is -0.496 e. The van der Waals surface area contributed by atoms with Crippen molar-refractivity contribution in [2.75, 3.05) is 28.4 Å². The molecule has 25 heavy (non-hydrogen) atoms. The van der Waals surface area contributed by atoms with E-state index >= 15 is 0 Å². The Bertz CT molecular complexity index is 799. The highest BCUT2D eigenvalue weighted by atomic mass is 79.9. The molecule has 0 unspecified atom stereocenters. The maximum Gasteiger partial charge on any atom is 0.204 e. The van der Waals surface area contributed by atoms with Gasteiger partial charge in [-0.15, -0.1) is 0 Å². The van der Waals surface area contributed by atoms with Crippen LogP contribution in [0.15, 0.2) is 40.9 Å². The standard InChI is InChI=1S/C19H19BrO5/c1-22-16-9-6-12(11-14(16)20)5-8-15(21)13-7-10-17(23-2)19(25-4)18(13)24-3/h5-11H,1-4H3. The van der Waals surface area contributed by atoms with Crippen molar-refractivity contribution >= 4 is 27.8 Å². The Hall–Kier alpha value is -2.47. The molecule has 2 aromatic carbocycles. The van der Waals surface area contributed by atoms with Crippen LogP contribution in [0.4, 0.5) is 0 Å². The Balaban J connectivity index is 2.33. The first-order chi connectivity index (χ1) is 12.0. The summed E-state index contributed by atoms with van der Waals surface area (Å²) in [5, 5.41) is 0. The van der Waals surface area contributed by atoms with Crippen molar-refractivity contribution in [2.24, 2.45) is 0 Å². The number of benzene rings is 2. The predicted octanol–water partition coefficient (Wildman–Crippen LogP) is 4.38. The van der Waals surface area contributed by atoms with Gasteiger partial charge in [-0.3, -0.25) is 4.79 Å². The Morgan fingerprint density at radius 2 is 1.52 bits per heavy atom. The van der Waals surface area contributed by atoms with Crippen LogP contribution in [0.3, 0.4) is 0 Å². The second-order valence-electron chi connectivity index (χ2n) is 4.97. The lowest BCUT2D eigenvalue weighted by molar-refractivity contribution is 0.104. The van der Waals surface area contributed by atoms with E-state index in [1.807, 2.05) is 18.2 Å². The lowest BCUT2D eigenvalue weighted by Gasteiger charge is -2.14. The van der Waals surface area contributed by atoms with Gasteiger partial charge < -0.3 is 18.9 Å². The molecular weight excluding hydrogens is 388 g/mol. The van der Waals surface area contributed by atoms with Crippen LogP contribution < -0.4 is 18.9 Å². The van der Waals surface area contributed by atoms with E-state index in [2.05, 4.69) is 15.9 Å². The maximum absolute atomic E-state index is 12.6. The fourth-order valence-electron chi connectivity index (χ4n) is 2.34. The predicted molar refractivity (Wildman–Crippen MR) is 100 cm³/mol. The largest absolute Gasteiger partial charge is 0.496 e. The van der Waals surface area contributed by atoms with E-state index in [1.54, 1.807) is 25.3 Å². The summed E-state index contributed by atoms with van der Waals surface area (Å²) in [7, 11) is 6.11. The molecule has 0 saturated carbocycles. The van der Waals surface area contributed by atoms with Gasteiger partial charge >= 0.3 is 0 Å². The zero-order valence-electron chi connectivity index (χ0n) is 14.5. The van der Waals surface area contributed by atoms with Crippen molar-refractivity contribution in [1.29, 1.82) is 0 Å². The fourth-order valence-corrected chi connectivity index (χ4v) is 2.90. The van der Waals surface area contributed by atoms with Crippen LogP contribution in [0, 0.1) is 0 Å². The van der Waals surface area contributed by atoms with Gasteiger partial charge in [-0.1, -0.05) is 12.1 Å². The normalized spacial score (nSPS) is 10.6. The Morgan fingerprint density at radius 1 is 0.880 bits per heavy atom. The molecule has 0 aliphatic carbocycles. The van der Waals surface area contributed by atoms with Crippen LogP contribution in [0.25, 0.3) is 6.08 Å². The molecule has 5 nitrogen and oxygen atoms in total. The SMILES string of the molecule is COc1ccc(C=CC(=O)c2ccc(OC)c(OC)c2OC)cc1Br. The summed E-state index contributed by atoms with van der Waals surface area (Å²) >= 11 is 3.42. The van der Waals surface area contributed by atoms with Gasteiger partial charge in [0.2, 0.25) is 5.75 Å².